The predicted molar refractivity (Wildman–Crippen MR) is 63.3 cm³/mol. The summed E-state index contributed by atoms with van der Waals surface area (Å²) in [7, 11) is 0. The molecule has 0 aromatic heterocycles. The molecular weight excluding hydrogens is 212 g/mol. The zero-order chi connectivity index (χ0) is 10.0. The van der Waals surface area contributed by atoms with Crippen molar-refractivity contribution in [1.29, 1.82) is 0 Å². The molecule has 0 aliphatic carbocycles. The van der Waals surface area contributed by atoms with E-state index < -0.39 is 0 Å². The van der Waals surface area contributed by atoms with Crippen LogP contribution in [0, 0.1) is 5.41 Å². The Labute approximate surface area is 98.0 Å². The number of amides is 1. The molecule has 0 bridgehead atoms. The van der Waals surface area contributed by atoms with Crippen molar-refractivity contribution in [2.24, 2.45) is 5.41 Å². The summed E-state index contributed by atoms with van der Waals surface area (Å²) in [5.41, 5.74) is 0.331. The van der Waals surface area contributed by atoms with Gasteiger partial charge in [0.1, 0.15) is 0 Å². The van der Waals surface area contributed by atoms with Gasteiger partial charge in [-0.25, -0.2) is 0 Å². The maximum absolute atomic E-state index is 11.7. The molecule has 0 saturated carbocycles. The highest BCUT2D eigenvalue weighted by atomic mass is 35.5. The number of nitrogens with one attached hydrogen (secondary N) is 1. The molecule has 2 saturated heterocycles. The molecule has 2 aliphatic rings. The minimum atomic E-state index is 0. The molecule has 4 heteroatoms. The van der Waals surface area contributed by atoms with Crippen molar-refractivity contribution >= 4 is 18.3 Å². The Balaban J connectivity index is 0.00000112. The molecule has 2 rings (SSSR count). The summed E-state index contributed by atoms with van der Waals surface area (Å²) >= 11 is 0. The maximum Gasteiger partial charge on any atom is 0.223 e. The van der Waals surface area contributed by atoms with Crippen molar-refractivity contribution in [3.05, 3.63) is 0 Å². The Morgan fingerprint density at radius 3 is 2.67 bits per heavy atom. The summed E-state index contributed by atoms with van der Waals surface area (Å²) in [4.78, 5) is 13.8. The summed E-state index contributed by atoms with van der Waals surface area (Å²) in [5.74, 6) is 0.383. The Kier molecular flexibility index (Phi) is 4.41. The van der Waals surface area contributed by atoms with Crippen molar-refractivity contribution in [1.82, 2.24) is 10.2 Å². The lowest BCUT2D eigenvalue weighted by molar-refractivity contribution is -0.127. The highest BCUT2D eigenvalue weighted by molar-refractivity contribution is 5.85. The van der Waals surface area contributed by atoms with Crippen LogP contribution in [0.3, 0.4) is 0 Å². The van der Waals surface area contributed by atoms with Gasteiger partial charge in [-0.3, -0.25) is 4.79 Å². The van der Waals surface area contributed by atoms with E-state index in [0.29, 0.717) is 11.3 Å². The molecule has 2 fully saturated rings. The number of piperidine rings is 1. The third kappa shape index (κ3) is 2.64. The van der Waals surface area contributed by atoms with Crippen molar-refractivity contribution in [3.63, 3.8) is 0 Å². The normalized spacial score (nSPS) is 24.3. The molecule has 0 aromatic rings. The van der Waals surface area contributed by atoms with Crippen molar-refractivity contribution in [2.45, 2.75) is 32.6 Å². The van der Waals surface area contributed by atoms with Gasteiger partial charge in [0.15, 0.2) is 0 Å². The van der Waals surface area contributed by atoms with E-state index in [1.807, 2.05) is 0 Å². The number of nitrogens with zero attached hydrogens (tertiary/aromatic N) is 1. The first kappa shape index (κ1) is 12.8. The average molecular weight is 233 g/mol. The van der Waals surface area contributed by atoms with E-state index in [9.17, 15) is 4.79 Å². The van der Waals surface area contributed by atoms with Crippen LogP contribution < -0.4 is 5.32 Å². The van der Waals surface area contributed by atoms with Gasteiger partial charge in [0.2, 0.25) is 5.91 Å². The fourth-order valence-electron chi connectivity index (χ4n) is 2.75. The molecule has 1 amide bonds. The number of halogens is 1. The maximum atomic E-state index is 11.7. The van der Waals surface area contributed by atoms with Gasteiger partial charge in [-0.2, -0.15) is 0 Å². The van der Waals surface area contributed by atoms with Gasteiger partial charge in [-0.1, -0.05) is 6.92 Å². The number of hydrogen-bond acceptors (Lipinski definition) is 2. The standard InChI is InChI=1S/C11H20N2O.ClH/c1-2-7-13-9-11(8-10(13)14)3-5-12-6-4-11;/h12H,2-9H2,1H3;1H. The van der Waals surface area contributed by atoms with Crippen LogP contribution in [-0.2, 0) is 4.79 Å². The number of likely N-dealkylation sites (tertiary alicyclic amines) is 1. The van der Waals surface area contributed by atoms with Gasteiger partial charge in [-0.15, -0.1) is 12.4 Å². The SMILES string of the molecule is CCCN1CC2(CCNCC2)CC1=O.Cl. The molecule has 88 valence electrons. The number of carbonyl (C=O) groups is 1. The highest BCUT2D eigenvalue weighted by Gasteiger charge is 2.42. The smallest absolute Gasteiger partial charge is 0.223 e. The molecule has 1 spiro atoms. The minimum Gasteiger partial charge on any atom is -0.342 e. The first-order valence-electron chi connectivity index (χ1n) is 5.74. The van der Waals surface area contributed by atoms with Crippen LogP contribution in [0.4, 0.5) is 0 Å². The third-order valence-corrected chi connectivity index (χ3v) is 3.56. The van der Waals surface area contributed by atoms with Crippen LogP contribution in [0.5, 0.6) is 0 Å². The lowest BCUT2D eigenvalue weighted by Gasteiger charge is -2.33. The van der Waals surface area contributed by atoms with Gasteiger partial charge < -0.3 is 10.2 Å². The van der Waals surface area contributed by atoms with E-state index in [1.165, 1.54) is 12.8 Å². The van der Waals surface area contributed by atoms with E-state index in [2.05, 4.69) is 17.1 Å². The van der Waals surface area contributed by atoms with Crippen molar-refractivity contribution in [3.8, 4) is 0 Å². The van der Waals surface area contributed by atoms with Gasteiger partial charge in [-0.05, 0) is 37.8 Å². The molecule has 3 nitrogen and oxygen atoms in total. The first-order chi connectivity index (χ1) is 6.76. The molecule has 15 heavy (non-hydrogen) atoms. The largest absolute Gasteiger partial charge is 0.342 e. The monoisotopic (exact) mass is 232 g/mol. The molecular formula is C11H21ClN2O. The average Bonchev–Trinajstić information content (AvgIpc) is 2.45. The quantitative estimate of drug-likeness (QED) is 0.781. The Bertz CT molecular complexity index is 227. The minimum absolute atomic E-state index is 0. The van der Waals surface area contributed by atoms with Crippen molar-refractivity contribution in [2.75, 3.05) is 26.2 Å². The molecule has 0 radical (unpaired) electrons. The zero-order valence-electron chi connectivity index (χ0n) is 9.42. The van der Waals surface area contributed by atoms with Crippen LogP contribution in [0.1, 0.15) is 32.6 Å². The van der Waals surface area contributed by atoms with Crippen LogP contribution in [-0.4, -0.2) is 37.0 Å². The second-order valence-corrected chi connectivity index (χ2v) is 4.74. The van der Waals surface area contributed by atoms with E-state index in [-0.39, 0.29) is 12.4 Å². The summed E-state index contributed by atoms with van der Waals surface area (Å²) < 4.78 is 0. The van der Waals surface area contributed by atoms with Crippen LogP contribution in [0.25, 0.3) is 0 Å². The van der Waals surface area contributed by atoms with Crippen LogP contribution >= 0.6 is 12.4 Å². The lowest BCUT2D eigenvalue weighted by Crippen LogP contribution is -2.38. The fraction of sp³-hybridized carbons (Fsp3) is 0.909. The number of hydrogen-bond donors (Lipinski definition) is 1. The molecule has 2 aliphatic heterocycles. The van der Waals surface area contributed by atoms with Crippen LogP contribution in [0.15, 0.2) is 0 Å². The van der Waals surface area contributed by atoms with Crippen LogP contribution in [0.2, 0.25) is 0 Å². The van der Waals surface area contributed by atoms with E-state index >= 15 is 0 Å². The Morgan fingerprint density at radius 2 is 2.07 bits per heavy atom. The van der Waals surface area contributed by atoms with Gasteiger partial charge in [0.25, 0.3) is 0 Å². The first-order valence-corrected chi connectivity index (χ1v) is 5.74. The van der Waals surface area contributed by atoms with E-state index in [0.717, 1.165) is 39.0 Å². The van der Waals surface area contributed by atoms with Gasteiger partial charge >= 0.3 is 0 Å². The zero-order valence-corrected chi connectivity index (χ0v) is 10.2. The number of carbonyl (C=O) groups excluding carboxylic acids is 1. The predicted octanol–water partition coefficient (Wildman–Crippen LogP) is 1.42. The third-order valence-electron chi connectivity index (χ3n) is 3.56. The highest BCUT2D eigenvalue weighted by Crippen LogP contribution is 2.39. The van der Waals surface area contributed by atoms with E-state index in [4.69, 9.17) is 0 Å². The van der Waals surface area contributed by atoms with Crippen molar-refractivity contribution < 1.29 is 4.79 Å². The molecule has 1 N–H and O–H groups in total. The fourth-order valence-corrected chi connectivity index (χ4v) is 2.75. The number of rotatable bonds is 2. The second-order valence-electron chi connectivity index (χ2n) is 4.74. The summed E-state index contributed by atoms with van der Waals surface area (Å²) in [5, 5.41) is 3.37. The Morgan fingerprint density at radius 1 is 1.40 bits per heavy atom. The van der Waals surface area contributed by atoms with Gasteiger partial charge in [0.05, 0.1) is 0 Å². The molecule has 0 atom stereocenters. The molecule has 2 heterocycles. The summed E-state index contributed by atoms with van der Waals surface area (Å²) in [6.07, 6.45) is 4.24. The van der Waals surface area contributed by atoms with E-state index in [1.54, 1.807) is 0 Å². The summed E-state index contributed by atoms with van der Waals surface area (Å²) in [6.45, 7) is 6.29. The molecule has 0 aromatic carbocycles. The summed E-state index contributed by atoms with van der Waals surface area (Å²) in [6, 6.07) is 0. The second kappa shape index (κ2) is 5.17. The van der Waals surface area contributed by atoms with Gasteiger partial charge in [0, 0.05) is 19.5 Å². The Hall–Kier alpha value is -0.280. The lowest BCUT2D eigenvalue weighted by atomic mass is 9.78. The topological polar surface area (TPSA) is 32.3 Å². The molecule has 0 unspecified atom stereocenters.